The molecular weight excluding hydrogens is 122 g/mol. The van der Waals surface area contributed by atoms with Gasteiger partial charge in [-0.25, -0.2) is 0 Å². The molecule has 1 heteroatoms. The third-order valence-corrected chi connectivity index (χ3v) is 3.19. The van der Waals surface area contributed by atoms with Crippen molar-refractivity contribution >= 4 is 0 Å². The maximum Gasteiger partial charge on any atom is 0.00204 e. The maximum atomic E-state index is 3.44. The van der Waals surface area contributed by atoms with Crippen LogP contribution in [0.3, 0.4) is 0 Å². The lowest BCUT2D eigenvalue weighted by atomic mass is 9.63. The summed E-state index contributed by atoms with van der Waals surface area (Å²) in [7, 11) is 0. The van der Waals surface area contributed by atoms with Crippen LogP contribution in [0.1, 0.15) is 13.8 Å². The van der Waals surface area contributed by atoms with E-state index in [0.717, 1.165) is 17.8 Å². The maximum absolute atomic E-state index is 3.44. The molecule has 1 aliphatic carbocycles. The molecule has 0 aromatic carbocycles. The van der Waals surface area contributed by atoms with Crippen LogP contribution in [-0.4, -0.2) is 13.1 Å². The molecule has 2 aliphatic rings. The third kappa shape index (κ3) is 0.615. The van der Waals surface area contributed by atoms with Crippen molar-refractivity contribution in [2.45, 2.75) is 13.8 Å². The third-order valence-electron chi connectivity index (χ3n) is 3.19. The standard InChI is InChI=1S/C9H15N/c1-3-7-6(2)8-4-10-5-9(7)8/h3,6,8-10H,4-5H2,1-2H3/b7-3-/t6-,8+,9?/m1/s1. The van der Waals surface area contributed by atoms with Crippen molar-refractivity contribution in [3.63, 3.8) is 0 Å². The highest BCUT2D eigenvalue weighted by molar-refractivity contribution is 5.25. The molecule has 1 unspecified atom stereocenters. The summed E-state index contributed by atoms with van der Waals surface area (Å²) in [5.74, 6) is 2.73. The Bertz CT molecular complexity index is 172. The molecule has 56 valence electrons. The number of rotatable bonds is 0. The van der Waals surface area contributed by atoms with Crippen molar-refractivity contribution in [3.05, 3.63) is 11.6 Å². The van der Waals surface area contributed by atoms with Crippen LogP contribution in [0, 0.1) is 17.8 Å². The first-order chi connectivity index (χ1) is 4.84. The Hall–Kier alpha value is -0.300. The number of hydrogen-bond donors (Lipinski definition) is 1. The van der Waals surface area contributed by atoms with Crippen LogP contribution in [0.5, 0.6) is 0 Å². The highest BCUT2D eigenvalue weighted by Crippen LogP contribution is 2.46. The normalized spacial score (nSPS) is 49.0. The summed E-state index contributed by atoms with van der Waals surface area (Å²) in [6.45, 7) is 7.00. The van der Waals surface area contributed by atoms with E-state index in [-0.39, 0.29) is 0 Å². The van der Waals surface area contributed by atoms with Crippen LogP contribution in [0.4, 0.5) is 0 Å². The van der Waals surface area contributed by atoms with Gasteiger partial charge in [0.1, 0.15) is 0 Å². The fourth-order valence-corrected chi connectivity index (χ4v) is 2.53. The van der Waals surface area contributed by atoms with Gasteiger partial charge in [0.2, 0.25) is 0 Å². The molecule has 10 heavy (non-hydrogen) atoms. The molecule has 0 amide bonds. The Morgan fingerprint density at radius 3 is 3.00 bits per heavy atom. The highest BCUT2D eigenvalue weighted by atomic mass is 14.9. The monoisotopic (exact) mass is 137 g/mol. The van der Waals surface area contributed by atoms with Gasteiger partial charge in [0.05, 0.1) is 0 Å². The summed E-state index contributed by atoms with van der Waals surface area (Å²) in [4.78, 5) is 0. The second kappa shape index (κ2) is 2.09. The minimum absolute atomic E-state index is 0.866. The fourth-order valence-electron chi connectivity index (χ4n) is 2.53. The quantitative estimate of drug-likeness (QED) is 0.498. The van der Waals surface area contributed by atoms with Crippen molar-refractivity contribution in [1.82, 2.24) is 5.32 Å². The zero-order valence-corrected chi connectivity index (χ0v) is 6.72. The van der Waals surface area contributed by atoms with Crippen molar-refractivity contribution in [1.29, 1.82) is 0 Å². The van der Waals surface area contributed by atoms with Gasteiger partial charge in [-0.2, -0.15) is 0 Å². The van der Waals surface area contributed by atoms with E-state index in [4.69, 9.17) is 0 Å². The molecule has 0 spiro atoms. The van der Waals surface area contributed by atoms with E-state index in [1.165, 1.54) is 13.1 Å². The first kappa shape index (κ1) is 6.41. The largest absolute Gasteiger partial charge is 0.316 e. The van der Waals surface area contributed by atoms with E-state index in [1.54, 1.807) is 5.57 Å². The molecule has 1 heterocycles. The number of hydrogen-bond acceptors (Lipinski definition) is 1. The molecule has 2 rings (SSSR count). The van der Waals surface area contributed by atoms with Crippen LogP contribution in [0.2, 0.25) is 0 Å². The van der Waals surface area contributed by atoms with Gasteiger partial charge in [0.15, 0.2) is 0 Å². The minimum Gasteiger partial charge on any atom is -0.316 e. The first-order valence-electron chi connectivity index (χ1n) is 4.21. The van der Waals surface area contributed by atoms with Gasteiger partial charge in [0.25, 0.3) is 0 Å². The van der Waals surface area contributed by atoms with Crippen LogP contribution in [-0.2, 0) is 0 Å². The first-order valence-corrected chi connectivity index (χ1v) is 4.21. The van der Waals surface area contributed by atoms with Crippen LogP contribution in [0.25, 0.3) is 0 Å². The summed E-state index contributed by atoms with van der Waals surface area (Å²) in [5.41, 5.74) is 1.69. The molecule has 0 radical (unpaired) electrons. The van der Waals surface area contributed by atoms with E-state index in [1.807, 2.05) is 0 Å². The van der Waals surface area contributed by atoms with Crippen LogP contribution >= 0.6 is 0 Å². The predicted molar refractivity (Wildman–Crippen MR) is 42.8 cm³/mol. The summed E-state index contributed by atoms with van der Waals surface area (Å²) in [6.07, 6.45) is 2.30. The lowest BCUT2D eigenvalue weighted by molar-refractivity contribution is 0.247. The van der Waals surface area contributed by atoms with Gasteiger partial charge in [-0.1, -0.05) is 18.6 Å². The molecule has 0 aromatic rings. The summed E-state index contributed by atoms with van der Waals surface area (Å²) >= 11 is 0. The smallest absolute Gasteiger partial charge is 0.00204 e. The Labute approximate surface area is 62.5 Å². The summed E-state index contributed by atoms with van der Waals surface area (Å²) in [6, 6.07) is 0. The fraction of sp³-hybridized carbons (Fsp3) is 0.778. The minimum atomic E-state index is 0.866. The van der Waals surface area contributed by atoms with Gasteiger partial charge in [0, 0.05) is 6.54 Å². The summed E-state index contributed by atoms with van der Waals surface area (Å²) < 4.78 is 0. The lowest BCUT2D eigenvalue weighted by Crippen LogP contribution is -2.36. The number of allylic oxidation sites excluding steroid dienone is 1. The van der Waals surface area contributed by atoms with Gasteiger partial charge >= 0.3 is 0 Å². The molecule has 2 fully saturated rings. The van der Waals surface area contributed by atoms with E-state index in [2.05, 4.69) is 25.2 Å². The van der Waals surface area contributed by atoms with Crippen molar-refractivity contribution < 1.29 is 0 Å². The Kier molecular flexibility index (Phi) is 1.34. The number of nitrogens with one attached hydrogen (secondary N) is 1. The van der Waals surface area contributed by atoms with Crippen molar-refractivity contribution in [2.24, 2.45) is 17.8 Å². The average Bonchev–Trinajstić information content (AvgIpc) is 2.33. The van der Waals surface area contributed by atoms with Crippen molar-refractivity contribution in [3.8, 4) is 0 Å². The molecule has 1 N–H and O–H groups in total. The van der Waals surface area contributed by atoms with Gasteiger partial charge in [-0.05, 0) is 31.2 Å². The van der Waals surface area contributed by atoms with E-state index in [0.29, 0.717) is 0 Å². The Balaban J connectivity index is 2.15. The molecule has 1 saturated carbocycles. The zero-order valence-electron chi connectivity index (χ0n) is 6.72. The lowest BCUT2D eigenvalue weighted by Gasteiger charge is -2.41. The second-order valence-electron chi connectivity index (χ2n) is 3.51. The molecule has 0 aromatic heterocycles. The topological polar surface area (TPSA) is 12.0 Å². The van der Waals surface area contributed by atoms with E-state index >= 15 is 0 Å². The molecule has 0 bridgehead atoms. The highest BCUT2D eigenvalue weighted by Gasteiger charge is 2.44. The van der Waals surface area contributed by atoms with E-state index in [9.17, 15) is 0 Å². The zero-order chi connectivity index (χ0) is 7.14. The number of fused-ring (bicyclic) bond motifs is 1. The van der Waals surface area contributed by atoms with E-state index < -0.39 is 0 Å². The predicted octanol–water partition coefficient (Wildman–Crippen LogP) is 1.42. The SMILES string of the molecule is C/C=C1\C2CNC[C@H]2[C@@H]1C. The summed E-state index contributed by atoms with van der Waals surface area (Å²) in [5, 5.41) is 3.44. The molecule has 1 nitrogen and oxygen atoms in total. The Morgan fingerprint density at radius 2 is 2.30 bits per heavy atom. The molecule has 1 aliphatic heterocycles. The van der Waals surface area contributed by atoms with Crippen LogP contribution in [0.15, 0.2) is 11.6 Å². The van der Waals surface area contributed by atoms with Gasteiger partial charge in [-0.15, -0.1) is 0 Å². The van der Waals surface area contributed by atoms with Crippen LogP contribution < -0.4 is 5.32 Å². The molecule has 3 atom stereocenters. The molecule has 1 saturated heterocycles. The second-order valence-corrected chi connectivity index (χ2v) is 3.51. The molecular formula is C9H15N. The van der Waals surface area contributed by atoms with Gasteiger partial charge < -0.3 is 5.32 Å². The van der Waals surface area contributed by atoms with Crippen molar-refractivity contribution in [2.75, 3.05) is 13.1 Å². The average molecular weight is 137 g/mol. The van der Waals surface area contributed by atoms with Gasteiger partial charge in [-0.3, -0.25) is 0 Å². The Morgan fingerprint density at radius 1 is 1.50 bits per heavy atom.